The molecule has 1 heterocycles. The van der Waals surface area contributed by atoms with E-state index in [1.165, 1.54) is 6.20 Å². The van der Waals surface area contributed by atoms with Crippen LogP contribution in [0.5, 0.6) is 0 Å². The van der Waals surface area contributed by atoms with Crippen molar-refractivity contribution in [1.29, 1.82) is 0 Å². The molecule has 2 bridgehead atoms. The van der Waals surface area contributed by atoms with E-state index >= 15 is 0 Å². The van der Waals surface area contributed by atoms with Crippen LogP contribution in [0.4, 0.5) is 0 Å². The van der Waals surface area contributed by atoms with Crippen molar-refractivity contribution in [3.8, 4) is 0 Å². The van der Waals surface area contributed by atoms with Crippen LogP contribution >= 0.6 is 0 Å². The molecule has 0 saturated heterocycles. The van der Waals surface area contributed by atoms with E-state index in [1.54, 1.807) is 18.2 Å². The molecule has 0 radical (unpaired) electrons. The second-order valence-electron chi connectivity index (χ2n) is 6.42. The summed E-state index contributed by atoms with van der Waals surface area (Å²) in [6.07, 6.45) is 5.60. The van der Waals surface area contributed by atoms with Gasteiger partial charge in [-0.05, 0) is 56.1 Å². The first-order chi connectivity index (χ1) is 10.6. The van der Waals surface area contributed by atoms with Gasteiger partial charge < -0.3 is 5.11 Å². The molecule has 4 atom stereocenters. The van der Waals surface area contributed by atoms with Gasteiger partial charge in [-0.25, -0.2) is 0 Å². The van der Waals surface area contributed by atoms with Crippen molar-refractivity contribution in [1.82, 2.24) is 15.8 Å². The van der Waals surface area contributed by atoms with Crippen LogP contribution < -0.4 is 10.9 Å². The zero-order valence-electron chi connectivity index (χ0n) is 12.4. The van der Waals surface area contributed by atoms with Crippen LogP contribution in [0, 0.1) is 17.8 Å². The van der Waals surface area contributed by atoms with Gasteiger partial charge in [-0.15, -0.1) is 0 Å². The standard InChI is InChI=1S/C16H21N3O3/c20-13-8-10-5-11(9-13)7-12(6-10)15(21)18-19-16(22)14-3-1-2-4-17-14/h1-4,10-13,20H,5-9H2,(H,18,21)(H,19,22)/t10-,11+,12?,13?. The van der Waals surface area contributed by atoms with E-state index in [1.807, 2.05) is 0 Å². The molecule has 3 N–H and O–H groups in total. The Bertz CT molecular complexity index is 531. The van der Waals surface area contributed by atoms with Crippen LogP contribution in [0.3, 0.4) is 0 Å². The zero-order chi connectivity index (χ0) is 15.5. The number of pyridine rings is 1. The van der Waals surface area contributed by atoms with Gasteiger partial charge in [0.1, 0.15) is 5.69 Å². The highest BCUT2D eigenvalue weighted by Gasteiger charge is 2.38. The molecule has 118 valence electrons. The first-order valence-electron chi connectivity index (χ1n) is 7.81. The van der Waals surface area contributed by atoms with E-state index in [9.17, 15) is 14.7 Å². The predicted octanol–water partition coefficient (Wildman–Crippen LogP) is 1.03. The molecule has 2 amide bonds. The van der Waals surface area contributed by atoms with Gasteiger partial charge in [-0.2, -0.15) is 0 Å². The maximum absolute atomic E-state index is 12.2. The highest BCUT2D eigenvalue weighted by molar-refractivity contribution is 5.93. The Balaban J connectivity index is 1.51. The molecule has 6 nitrogen and oxygen atoms in total. The minimum Gasteiger partial charge on any atom is -0.393 e. The minimum absolute atomic E-state index is 0.0831. The molecular formula is C16H21N3O3. The van der Waals surface area contributed by atoms with Crippen molar-refractivity contribution in [3.05, 3.63) is 30.1 Å². The lowest BCUT2D eigenvalue weighted by molar-refractivity contribution is -0.129. The molecule has 2 aliphatic carbocycles. The average Bonchev–Trinajstić information content (AvgIpc) is 2.52. The highest BCUT2D eigenvalue weighted by Crippen LogP contribution is 2.42. The number of hydrogen-bond donors (Lipinski definition) is 3. The summed E-state index contributed by atoms with van der Waals surface area (Å²) in [6.45, 7) is 0. The number of carbonyl (C=O) groups is 2. The van der Waals surface area contributed by atoms with Crippen LogP contribution in [0.1, 0.15) is 42.6 Å². The molecule has 0 spiro atoms. The van der Waals surface area contributed by atoms with Crippen molar-refractivity contribution < 1.29 is 14.7 Å². The first-order valence-corrected chi connectivity index (χ1v) is 7.81. The molecule has 1 aromatic heterocycles. The van der Waals surface area contributed by atoms with E-state index in [2.05, 4.69) is 15.8 Å². The average molecular weight is 303 g/mol. The molecule has 2 fully saturated rings. The van der Waals surface area contributed by atoms with Gasteiger partial charge in [0.25, 0.3) is 5.91 Å². The number of nitrogens with zero attached hydrogens (tertiary/aromatic N) is 1. The molecule has 6 heteroatoms. The molecule has 22 heavy (non-hydrogen) atoms. The summed E-state index contributed by atoms with van der Waals surface area (Å²) in [5.41, 5.74) is 5.20. The number of aliphatic hydroxyl groups is 1. The first kappa shape index (κ1) is 15.0. The molecule has 2 unspecified atom stereocenters. The lowest BCUT2D eigenvalue weighted by atomic mass is 9.67. The van der Waals surface area contributed by atoms with Gasteiger partial charge in [0.2, 0.25) is 5.91 Å². The number of rotatable bonds is 2. The number of aliphatic hydroxyl groups excluding tert-OH is 1. The normalized spacial score (nSPS) is 30.4. The van der Waals surface area contributed by atoms with E-state index < -0.39 is 5.91 Å². The largest absolute Gasteiger partial charge is 0.393 e. The summed E-state index contributed by atoms with van der Waals surface area (Å²) in [5, 5.41) is 9.78. The van der Waals surface area contributed by atoms with Gasteiger partial charge in [0, 0.05) is 12.1 Å². The van der Waals surface area contributed by atoms with Crippen molar-refractivity contribution in [2.75, 3.05) is 0 Å². The Labute approximate surface area is 129 Å². The summed E-state index contributed by atoms with van der Waals surface area (Å²) in [6, 6.07) is 5.04. The lowest BCUT2D eigenvalue weighted by Gasteiger charge is -2.40. The molecule has 2 saturated carbocycles. The molecular weight excluding hydrogens is 282 g/mol. The summed E-state index contributed by atoms with van der Waals surface area (Å²) < 4.78 is 0. The maximum atomic E-state index is 12.2. The summed E-state index contributed by atoms with van der Waals surface area (Å²) >= 11 is 0. The number of aromatic nitrogens is 1. The maximum Gasteiger partial charge on any atom is 0.288 e. The number of hydrazine groups is 1. The minimum atomic E-state index is -0.416. The third-order valence-electron chi connectivity index (χ3n) is 4.68. The monoisotopic (exact) mass is 303 g/mol. The number of carbonyl (C=O) groups excluding carboxylic acids is 2. The zero-order valence-corrected chi connectivity index (χ0v) is 12.4. The number of fused-ring (bicyclic) bond motifs is 2. The molecule has 0 aliphatic heterocycles. The summed E-state index contributed by atoms with van der Waals surface area (Å²) in [5.74, 6) is 0.200. The Kier molecular flexibility index (Phi) is 4.38. The van der Waals surface area contributed by atoms with Crippen LogP contribution in [-0.2, 0) is 4.79 Å². The van der Waals surface area contributed by atoms with Gasteiger partial charge >= 0.3 is 0 Å². The summed E-state index contributed by atoms with van der Waals surface area (Å²) in [7, 11) is 0. The van der Waals surface area contributed by atoms with Gasteiger partial charge in [0.15, 0.2) is 0 Å². The van der Waals surface area contributed by atoms with Gasteiger partial charge in [-0.3, -0.25) is 25.4 Å². The Hall–Kier alpha value is -1.95. The van der Waals surface area contributed by atoms with Gasteiger partial charge in [0.05, 0.1) is 6.10 Å². The molecule has 2 aliphatic rings. The predicted molar refractivity (Wildman–Crippen MR) is 79.4 cm³/mol. The second-order valence-corrected chi connectivity index (χ2v) is 6.42. The van der Waals surface area contributed by atoms with E-state index in [0.29, 0.717) is 11.8 Å². The van der Waals surface area contributed by atoms with E-state index in [4.69, 9.17) is 0 Å². The van der Waals surface area contributed by atoms with Gasteiger partial charge in [-0.1, -0.05) is 6.07 Å². The van der Waals surface area contributed by atoms with Crippen LogP contribution in [0.2, 0.25) is 0 Å². The molecule has 3 rings (SSSR count). The fourth-order valence-corrected chi connectivity index (χ4v) is 3.81. The topological polar surface area (TPSA) is 91.3 Å². The number of nitrogens with one attached hydrogen (secondary N) is 2. The summed E-state index contributed by atoms with van der Waals surface area (Å²) in [4.78, 5) is 28.0. The molecule has 1 aromatic rings. The fraction of sp³-hybridized carbons (Fsp3) is 0.562. The van der Waals surface area contributed by atoms with E-state index in [-0.39, 0.29) is 23.6 Å². The van der Waals surface area contributed by atoms with Crippen molar-refractivity contribution in [3.63, 3.8) is 0 Å². The number of amides is 2. The van der Waals surface area contributed by atoms with Crippen molar-refractivity contribution >= 4 is 11.8 Å². The second kappa shape index (κ2) is 6.44. The lowest BCUT2D eigenvalue weighted by Crippen LogP contribution is -2.47. The Morgan fingerprint density at radius 3 is 2.41 bits per heavy atom. The molecule has 0 aromatic carbocycles. The van der Waals surface area contributed by atoms with Crippen LogP contribution in [-0.4, -0.2) is 28.0 Å². The number of hydrogen-bond acceptors (Lipinski definition) is 4. The third kappa shape index (κ3) is 3.44. The Morgan fingerprint density at radius 1 is 1.05 bits per heavy atom. The van der Waals surface area contributed by atoms with Crippen LogP contribution in [0.15, 0.2) is 24.4 Å². The quantitative estimate of drug-likeness (QED) is 0.712. The van der Waals surface area contributed by atoms with Crippen molar-refractivity contribution in [2.24, 2.45) is 17.8 Å². The smallest absolute Gasteiger partial charge is 0.288 e. The fourth-order valence-electron chi connectivity index (χ4n) is 3.81. The van der Waals surface area contributed by atoms with E-state index in [0.717, 1.165) is 32.1 Å². The highest BCUT2D eigenvalue weighted by atomic mass is 16.3. The SMILES string of the molecule is O=C(NNC(=O)C1C[C@H]2CC(O)C[C@@H](C1)C2)c1ccccn1. The van der Waals surface area contributed by atoms with Crippen molar-refractivity contribution in [2.45, 2.75) is 38.2 Å². The van der Waals surface area contributed by atoms with Crippen LogP contribution in [0.25, 0.3) is 0 Å². The third-order valence-corrected chi connectivity index (χ3v) is 4.68. The Morgan fingerprint density at radius 2 is 1.77 bits per heavy atom.